The van der Waals surface area contributed by atoms with Crippen LogP contribution in [0.3, 0.4) is 0 Å². The second kappa shape index (κ2) is 6.09. The third-order valence-corrected chi connectivity index (χ3v) is 3.69. The number of carbonyl (C=O) groups is 1. The Morgan fingerprint density at radius 1 is 1.65 bits per heavy atom. The quantitative estimate of drug-likeness (QED) is 0.793. The van der Waals surface area contributed by atoms with Gasteiger partial charge in [0, 0.05) is 24.2 Å². The van der Waals surface area contributed by atoms with Crippen LogP contribution >= 0.6 is 11.3 Å². The van der Waals surface area contributed by atoms with Crippen molar-refractivity contribution in [2.45, 2.75) is 25.3 Å². The topological polar surface area (TPSA) is 65.5 Å². The number of aromatic nitrogens is 1. The van der Waals surface area contributed by atoms with E-state index in [9.17, 15) is 4.79 Å². The smallest absolute Gasteiger partial charge is 0.240 e. The second-order valence-corrected chi connectivity index (χ2v) is 5.06. The van der Waals surface area contributed by atoms with Gasteiger partial charge in [-0.2, -0.15) is 0 Å². The molecular weight excluding hydrogens is 238 g/mol. The summed E-state index contributed by atoms with van der Waals surface area (Å²) in [6, 6.07) is 0.462. The van der Waals surface area contributed by atoms with Gasteiger partial charge in [0.05, 0.1) is 13.2 Å². The predicted octanol–water partition coefficient (Wildman–Crippen LogP) is 0.928. The number of amides is 1. The molecular formula is C11H17N3O2S. The molecule has 5 nitrogen and oxygen atoms in total. The molecule has 1 heterocycles. The maximum absolute atomic E-state index is 11.8. The van der Waals surface area contributed by atoms with E-state index in [4.69, 9.17) is 5.11 Å². The van der Waals surface area contributed by atoms with Crippen molar-refractivity contribution in [3.05, 3.63) is 11.6 Å². The Morgan fingerprint density at radius 2 is 2.47 bits per heavy atom. The van der Waals surface area contributed by atoms with Gasteiger partial charge in [-0.1, -0.05) is 6.42 Å². The minimum Gasteiger partial charge on any atom is -0.395 e. The molecule has 1 aliphatic rings. The first kappa shape index (κ1) is 12.5. The summed E-state index contributed by atoms with van der Waals surface area (Å²) in [5.74, 6) is -0.0553. The summed E-state index contributed by atoms with van der Waals surface area (Å²) < 4.78 is 0. The zero-order valence-corrected chi connectivity index (χ0v) is 10.4. The lowest BCUT2D eigenvalue weighted by Gasteiger charge is -2.36. The number of thiazole rings is 1. The van der Waals surface area contributed by atoms with Gasteiger partial charge in [0.15, 0.2) is 5.13 Å². The fourth-order valence-corrected chi connectivity index (χ4v) is 2.44. The molecule has 0 radical (unpaired) electrons. The predicted molar refractivity (Wildman–Crippen MR) is 67.0 cm³/mol. The number of hydrogen-bond donors (Lipinski definition) is 2. The van der Waals surface area contributed by atoms with Crippen LogP contribution in [0.25, 0.3) is 0 Å². The summed E-state index contributed by atoms with van der Waals surface area (Å²) in [6.45, 7) is 1.00. The maximum atomic E-state index is 11.8. The van der Waals surface area contributed by atoms with Crippen LogP contribution in [-0.4, -0.2) is 46.6 Å². The first-order valence-electron chi connectivity index (χ1n) is 5.84. The van der Waals surface area contributed by atoms with Crippen molar-refractivity contribution in [2.24, 2.45) is 0 Å². The Balaban J connectivity index is 1.82. The fourth-order valence-electron chi connectivity index (χ4n) is 1.90. The molecule has 17 heavy (non-hydrogen) atoms. The lowest BCUT2D eigenvalue weighted by molar-refractivity contribution is -0.118. The standard InChI is InChI=1S/C11H17N3O2S/c15-6-5-14(9-2-1-3-9)8-10(16)13-11-12-4-7-17-11/h4,7,9,15H,1-3,5-6,8H2,(H,12,13,16). The van der Waals surface area contributed by atoms with Gasteiger partial charge >= 0.3 is 0 Å². The molecule has 2 N–H and O–H groups in total. The summed E-state index contributed by atoms with van der Waals surface area (Å²) in [5, 5.41) is 14.2. The molecule has 0 atom stereocenters. The van der Waals surface area contributed by atoms with E-state index in [1.807, 2.05) is 10.3 Å². The van der Waals surface area contributed by atoms with Gasteiger partial charge in [0.2, 0.25) is 5.91 Å². The van der Waals surface area contributed by atoms with Crippen LogP contribution in [-0.2, 0) is 4.79 Å². The molecule has 1 fully saturated rings. The van der Waals surface area contributed by atoms with Gasteiger partial charge < -0.3 is 10.4 Å². The summed E-state index contributed by atoms with van der Waals surface area (Å²) >= 11 is 1.41. The van der Waals surface area contributed by atoms with Gasteiger partial charge in [-0.25, -0.2) is 4.98 Å². The van der Waals surface area contributed by atoms with Crippen LogP contribution < -0.4 is 5.32 Å². The van der Waals surface area contributed by atoms with Gasteiger partial charge in [0.25, 0.3) is 0 Å². The van der Waals surface area contributed by atoms with Crippen LogP contribution in [0.5, 0.6) is 0 Å². The number of nitrogens with zero attached hydrogens (tertiary/aromatic N) is 2. The van der Waals surface area contributed by atoms with Crippen molar-refractivity contribution in [3.63, 3.8) is 0 Å². The van der Waals surface area contributed by atoms with E-state index in [0.29, 0.717) is 24.3 Å². The molecule has 0 aliphatic heterocycles. The highest BCUT2D eigenvalue weighted by Gasteiger charge is 2.26. The lowest BCUT2D eigenvalue weighted by atomic mass is 9.91. The van der Waals surface area contributed by atoms with E-state index in [1.165, 1.54) is 17.8 Å². The number of aliphatic hydroxyl groups is 1. The Morgan fingerprint density at radius 3 is 3.00 bits per heavy atom. The number of anilines is 1. The number of carbonyl (C=O) groups excluding carboxylic acids is 1. The molecule has 0 aromatic carbocycles. The number of nitrogens with one attached hydrogen (secondary N) is 1. The fraction of sp³-hybridized carbons (Fsp3) is 0.636. The van der Waals surface area contributed by atoms with E-state index in [-0.39, 0.29) is 12.5 Å². The van der Waals surface area contributed by atoms with Crippen molar-refractivity contribution in [3.8, 4) is 0 Å². The van der Waals surface area contributed by atoms with Crippen LogP contribution in [0.1, 0.15) is 19.3 Å². The number of aliphatic hydroxyl groups excluding tert-OH is 1. The minimum absolute atomic E-state index is 0.0553. The first-order chi connectivity index (χ1) is 8.29. The normalized spacial score (nSPS) is 15.9. The monoisotopic (exact) mass is 255 g/mol. The molecule has 1 aromatic rings. The highest BCUT2D eigenvalue weighted by Crippen LogP contribution is 2.24. The van der Waals surface area contributed by atoms with E-state index in [0.717, 1.165) is 12.8 Å². The summed E-state index contributed by atoms with van der Waals surface area (Å²) in [5.41, 5.74) is 0. The molecule has 1 aromatic heterocycles. The molecule has 1 amide bonds. The number of rotatable bonds is 6. The molecule has 6 heteroatoms. The lowest BCUT2D eigenvalue weighted by Crippen LogP contribution is -2.45. The maximum Gasteiger partial charge on any atom is 0.240 e. The van der Waals surface area contributed by atoms with Gasteiger partial charge in [0.1, 0.15) is 0 Å². The molecule has 0 bridgehead atoms. The SMILES string of the molecule is O=C(CN(CCO)C1CCC1)Nc1nccs1. The third-order valence-electron chi connectivity index (χ3n) is 3.00. The summed E-state index contributed by atoms with van der Waals surface area (Å²) in [6.07, 6.45) is 5.15. The van der Waals surface area contributed by atoms with E-state index < -0.39 is 0 Å². The Hall–Kier alpha value is -0.980. The average molecular weight is 255 g/mol. The number of hydrogen-bond acceptors (Lipinski definition) is 5. The van der Waals surface area contributed by atoms with Crippen LogP contribution in [0.15, 0.2) is 11.6 Å². The molecule has 1 aliphatic carbocycles. The summed E-state index contributed by atoms with van der Waals surface area (Å²) in [4.78, 5) is 17.8. The molecule has 1 saturated carbocycles. The van der Waals surface area contributed by atoms with Crippen LogP contribution in [0.4, 0.5) is 5.13 Å². The van der Waals surface area contributed by atoms with Crippen molar-refractivity contribution < 1.29 is 9.90 Å². The Bertz CT molecular complexity index is 352. The second-order valence-electron chi connectivity index (χ2n) is 4.16. The van der Waals surface area contributed by atoms with Gasteiger partial charge in [-0.05, 0) is 12.8 Å². The minimum atomic E-state index is -0.0553. The highest BCUT2D eigenvalue weighted by atomic mass is 32.1. The molecule has 2 rings (SSSR count). The van der Waals surface area contributed by atoms with Crippen LogP contribution in [0, 0.1) is 0 Å². The zero-order chi connectivity index (χ0) is 12.1. The van der Waals surface area contributed by atoms with Crippen molar-refractivity contribution in [1.82, 2.24) is 9.88 Å². The third kappa shape index (κ3) is 3.49. The van der Waals surface area contributed by atoms with Crippen LogP contribution in [0.2, 0.25) is 0 Å². The van der Waals surface area contributed by atoms with E-state index in [1.54, 1.807) is 6.20 Å². The Labute approximate surface area is 104 Å². The average Bonchev–Trinajstić information content (AvgIpc) is 2.67. The van der Waals surface area contributed by atoms with E-state index in [2.05, 4.69) is 10.3 Å². The molecule has 0 unspecified atom stereocenters. The van der Waals surface area contributed by atoms with Gasteiger partial charge in [-0.3, -0.25) is 9.69 Å². The van der Waals surface area contributed by atoms with Crippen molar-refractivity contribution in [2.75, 3.05) is 25.0 Å². The summed E-state index contributed by atoms with van der Waals surface area (Å²) in [7, 11) is 0. The first-order valence-corrected chi connectivity index (χ1v) is 6.72. The molecule has 94 valence electrons. The largest absolute Gasteiger partial charge is 0.395 e. The molecule has 0 spiro atoms. The van der Waals surface area contributed by atoms with Crippen molar-refractivity contribution in [1.29, 1.82) is 0 Å². The van der Waals surface area contributed by atoms with E-state index >= 15 is 0 Å². The van der Waals surface area contributed by atoms with Gasteiger partial charge in [-0.15, -0.1) is 11.3 Å². The van der Waals surface area contributed by atoms with Crippen molar-refractivity contribution >= 4 is 22.4 Å². The zero-order valence-electron chi connectivity index (χ0n) is 9.63. The molecule has 0 saturated heterocycles. The Kier molecular flexibility index (Phi) is 4.47. The highest BCUT2D eigenvalue weighted by molar-refractivity contribution is 7.13.